The van der Waals surface area contributed by atoms with Gasteiger partial charge in [0.25, 0.3) is 5.69 Å². The Balaban J connectivity index is 2.62. The largest absolute Gasteiger partial charge is 0.478 e. The first-order valence-corrected chi connectivity index (χ1v) is 5.41. The molecule has 1 fully saturated rings. The molecular formula is C11H10N2O6. The van der Waals surface area contributed by atoms with Crippen molar-refractivity contribution in [3.63, 3.8) is 0 Å². The van der Waals surface area contributed by atoms with Crippen LogP contribution in [0.15, 0.2) is 18.2 Å². The number of carbonyl (C=O) groups is 2. The first-order valence-electron chi connectivity index (χ1n) is 5.41. The van der Waals surface area contributed by atoms with Crippen LogP contribution in [0.1, 0.15) is 16.8 Å². The molecule has 0 saturated carbocycles. The monoisotopic (exact) mass is 266 g/mol. The van der Waals surface area contributed by atoms with Gasteiger partial charge in [-0.2, -0.15) is 0 Å². The number of aliphatic hydroxyl groups is 1. The predicted octanol–water partition coefficient (Wildman–Crippen LogP) is 0.391. The van der Waals surface area contributed by atoms with E-state index in [1.165, 1.54) is 12.1 Å². The Hall–Kier alpha value is -2.48. The maximum atomic E-state index is 11.7. The van der Waals surface area contributed by atoms with Crippen LogP contribution in [0.3, 0.4) is 0 Å². The number of rotatable bonds is 3. The fraction of sp³-hybridized carbons (Fsp3) is 0.273. The molecule has 0 bridgehead atoms. The van der Waals surface area contributed by atoms with E-state index in [1.54, 1.807) is 0 Å². The number of nitro benzene ring substituents is 1. The van der Waals surface area contributed by atoms with Crippen LogP contribution in [0.4, 0.5) is 11.4 Å². The number of hydrogen-bond acceptors (Lipinski definition) is 5. The normalized spacial score (nSPS) is 18.7. The highest BCUT2D eigenvalue weighted by molar-refractivity contribution is 6.05. The maximum Gasteiger partial charge on any atom is 0.338 e. The van der Waals surface area contributed by atoms with Crippen molar-refractivity contribution in [3.8, 4) is 0 Å². The van der Waals surface area contributed by atoms with Crippen LogP contribution in [-0.2, 0) is 4.79 Å². The number of carboxylic acid groups (broad SMARTS) is 1. The lowest BCUT2D eigenvalue weighted by molar-refractivity contribution is -0.384. The van der Waals surface area contributed by atoms with Crippen LogP contribution in [0.2, 0.25) is 0 Å². The summed E-state index contributed by atoms with van der Waals surface area (Å²) in [4.78, 5) is 34.0. The Morgan fingerprint density at radius 1 is 1.47 bits per heavy atom. The van der Waals surface area contributed by atoms with Gasteiger partial charge >= 0.3 is 5.97 Å². The summed E-state index contributed by atoms with van der Waals surface area (Å²) in [6, 6.07) is 3.55. The molecule has 8 nitrogen and oxygen atoms in total. The number of amides is 1. The number of β-amino-alcohol motifs (C(OH)–C–C–N with tert-alkyl or cyclic N) is 1. The number of nitro groups is 1. The number of hydrogen-bond donors (Lipinski definition) is 2. The van der Waals surface area contributed by atoms with Crippen LogP contribution in [0.5, 0.6) is 0 Å². The van der Waals surface area contributed by atoms with Gasteiger partial charge in [-0.3, -0.25) is 14.9 Å². The van der Waals surface area contributed by atoms with Crippen molar-refractivity contribution in [1.82, 2.24) is 0 Å². The summed E-state index contributed by atoms with van der Waals surface area (Å²) >= 11 is 0. The van der Waals surface area contributed by atoms with Gasteiger partial charge in [-0.15, -0.1) is 0 Å². The average molecular weight is 266 g/mol. The van der Waals surface area contributed by atoms with Crippen LogP contribution < -0.4 is 4.90 Å². The molecule has 0 aromatic heterocycles. The highest BCUT2D eigenvalue weighted by atomic mass is 16.6. The number of nitrogens with zero attached hydrogens (tertiary/aromatic N) is 2. The van der Waals surface area contributed by atoms with Gasteiger partial charge in [-0.05, 0) is 6.07 Å². The lowest BCUT2D eigenvalue weighted by Crippen LogP contribution is -2.28. The minimum Gasteiger partial charge on any atom is -0.478 e. The third-order valence-corrected chi connectivity index (χ3v) is 2.82. The van der Waals surface area contributed by atoms with Crippen molar-refractivity contribution in [2.75, 3.05) is 11.4 Å². The number of benzene rings is 1. The Morgan fingerprint density at radius 2 is 2.16 bits per heavy atom. The Bertz CT molecular complexity index is 538. The fourth-order valence-electron chi connectivity index (χ4n) is 2.04. The molecule has 1 aliphatic heterocycles. The molecule has 8 heteroatoms. The van der Waals surface area contributed by atoms with E-state index in [9.17, 15) is 24.8 Å². The van der Waals surface area contributed by atoms with Crippen molar-refractivity contribution in [2.45, 2.75) is 12.5 Å². The van der Waals surface area contributed by atoms with Crippen LogP contribution in [0, 0.1) is 10.1 Å². The quantitative estimate of drug-likeness (QED) is 0.603. The first kappa shape index (κ1) is 13.0. The van der Waals surface area contributed by atoms with Crippen molar-refractivity contribution in [2.24, 2.45) is 0 Å². The molecule has 100 valence electrons. The SMILES string of the molecule is O=C(O)c1cccc([N+](=O)[O-])c1N1CC(O)CC1=O. The van der Waals surface area contributed by atoms with Crippen LogP contribution in [-0.4, -0.2) is 39.7 Å². The van der Waals surface area contributed by atoms with E-state index in [0.717, 1.165) is 11.0 Å². The van der Waals surface area contributed by atoms with Gasteiger partial charge in [0.05, 0.1) is 29.6 Å². The van der Waals surface area contributed by atoms with Gasteiger partial charge in [0, 0.05) is 6.07 Å². The second-order valence-corrected chi connectivity index (χ2v) is 4.10. The molecule has 0 spiro atoms. The number of anilines is 1. The van der Waals surface area contributed by atoms with Crippen molar-refractivity contribution < 1.29 is 24.7 Å². The standard InChI is InChI=1S/C11H10N2O6/c14-6-4-9(15)12(5-6)10-7(11(16)17)2-1-3-8(10)13(18)19/h1-3,6,14H,4-5H2,(H,16,17). The Labute approximate surface area is 107 Å². The topological polar surface area (TPSA) is 121 Å². The zero-order valence-corrected chi connectivity index (χ0v) is 9.65. The predicted molar refractivity (Wildman–Crippen MR) is 63.0 cm³/mol. The summed E-state index contributed by atoms with van der Waals surface area (Å²) in [5.41, 5.74) is -1.08. The fourth-order valence-corrected chi connectivity index (χ4v) is 2.04. The third-order valence-electron chi connectivity index (χ3n) is 2.82. The zero-order chi connectivity index (χ0) is 14.2. The van der Waals surface area contributed by atoms with E-state index in [-0.39, 0.29) is 24.2 Å². The number of para-hydroxylation sites is 1. The molecule has 0 radical (unpaired) electrons. The van der Waals surface area contributed by atoms with E-state index >= 15 is 0 Å². The minimum absolute atomic E-state index is 0.149. The van der Waals surface area contributed by atoms with Crippen LogP contribution >= 0.6 is 0 Å². The summed E-state index contributed by atoms with van der Waals surface area (Å²) in [5, 5.41) is 29.4. The summed E-state index contributed by atoms with van der Waals surface area (Å²) < 4.78 is 0. The number of aromatic carboxylic acids is 1. The number of carboxylic acids is 1. The second-order valence-electron chi connectivity index (χ2n) is 4.10. The van der Waals surface area contributed by atoms with Gasteiger partial charge in [-0.1, -0.05) is 6.07 Å². The molecule has 1 unspecified atom stereocenters. The molecule has 1 aliphatic rings. The number of aliphatic hydroxyl groups excluding tert-OH is 1. The summed E-state index contributed by atoms with van der Waals surface area (Å²) in [6.07, 6.45) is -1.13. The van der Waals surface area contributed by atoms with E-state index in [0.29, 0.717) is 0 Å². The molecular weight excluding hydrogens is 256 g/mol. The third kappa shape index (κ3) is 2.25. The van der Waals surface area contributed by atoms with E-state index in [1.807, 2.05) is 0 Å². The smallest absolute Gasteiger partial charge is 0.338 e. The molecule has 1 amide bonds. The van der Waals surface area contributed by atoms with E-state index < -0.39 is 28.6 Å². The van der Waals surface area contributed by atoms with Crippen molar-refractivity contribution >= 4 is 23.3 Å². The van der Waals surface area contributed by atoms with Gasteiger partial charge in [0.15, 0.2) is 0 Å². The molecule has 2 N–H and O–H groups in total. The highest BCUT2D eigenvalue weighted by Gasteiger charge is 2.36. The summed E-state index contributed by atoms with van der Waals surface area (Å²) in [7, 11) is 0. The minimum atomic E-state index is -1.37. The summed E-state index contributed by atoms with van der Waals surface area (Å²) in [5.74, 6) is -1.91. The van der Waals surface area contributed by atoms with Crippen LogP contribution in [0.25, 0.3) is 0 Å². The average Bonchev–Trinajstić information content (AvgIpc) is 2.67. The van der Waals surface area contributed by atoms with E-state index in [4.69, 9.17) is 5.11 Å². The second kappa shape index (κ2) is 4.65. The lowest BCUT2D eigenvalue weighted by Gasteiger charge is -2.17. The van der Waals surface area contributed by atoms with Gasteiger partial charge < -0.3 is 15.1 Å². The molecule has 1 saturated heterocycles. The molecule has 19 heavy (non-hydrogen) atoms. The zero-order valence-electron chi connectivity index (χ0n) is 9.65. The lowest BCUT2D eigenvalue weighted by atomic mass is 10.1. The van der Waals surface area contributed by atoms with Gasteiger partial charge in [0.1, 0.15) is 5.69 Å². The molecule has 1 aromatic carbocycles. The van der Waals surface area contributed by atoms with Crippen molar-refractivity contribution in [3.05, 3.63) is 33.9 Å². The Morgan fingerprint density at radius 3 is 2.63 bits per heavy atom. The molecule has 1 heterocycles. The Kier molecular flexibility index (Phi) is 3.17. The maximum absolute atomic E-state index is 11.7. The highest BCUT2D eigenvalue weighted by Crippen LogP contribution is 2.34. The van der Waals surface area contributed by atoms with Crippen molar-refractivity contribution in [1.29, 1.82) is 0 Å². The first-order chi connectivity index (χ1) is 8.91. The molecule has 1 atom stereocenters. The molecule has 2 rings (SSSR count). The van der Waals surface area contributed by atoms with E-state index in [2.05, 4.69) is 0 Å². The summed E-state index contributed by atoms with van der Waals surface area (Å²) in [6.45, 7) is -0.149. The molecule has 1 aromatic rings. The van der Waals surface area contributed by atoms with Gasteiger partial charge in [-0.25, -0.2) is 4.79 Å². The van der Waals surface area contributed by atoms with Gasteiger partial charge in [0.2, 0.25) is 5.91 Å². The number of carbonyl (C=O) groups excluding carboxylic acids is 1. The molecule has 0 aliphatic carbocycles.